The number of hydrogen-bond acceptors (Lipinski definition) is 4. The summed E-state index contributed by atoms with van der Waals surface area (Å²) in [6.07, 6.45) is 0. The summed E-state index contributed by atoms with van der Waals surface area (Å²) < 4.78 is 5.32. The minimum atomic E-state index is 0.258. The molecule has 3 aromatic rings. The van der Waals surface area contributed by atoms with Gasteiger partial charge >= 0.3 is 0 Å². The van der Waals surface area contributed by atoms with Crippen molar-refractivity contribution in [1.29, 1.82) is 0 Å². The molecule has 7 heteroatoms. The zero-order chi connectivity index (χ0) is 14.3. The van der Waals surface area contributed by atoms with Gasteiger partial charge in [0.15, 0.2) is 11.6 Å². The maximum atomic E-state index is 6.23. The molecule has 0 fully saturated rings. The van der Waals surface area contributed by atoms with Crippen LogP contribution in [0.2, 0.25) is 15.1 Å². The van der Waals surface area contributed by atoms with Gasteiger partial charge in [0.2, 0.25) is 0 Å². The standard InChI is InChI=1S/C13H7Cl3N2OS/c14-6-1-2-7(9(16)5-6)10-11(19-18-13(10)17)12-8(15)3-4-20-12/h1-5H,(H2,17,18). The smallest absolute Gasteiger partial charge is 0.188 e. The van der Waals surface area contributed by atoms with E-state index in [1.54, 1.807) is 24.3 Å². The molecule has 3 rings (SSSR count). The molecule has 1 aromatic carbocycles. The Balaban J connectivity index is 2.24. The van der Waals surface area contributed by atoms with Crippen LogP contribution < -0.4 is 5.73 Å². The van der Waals surface area contributed by atoms with Crippen molar-refractivity contribution in [2.45, 2.75) is 0 Å². The number of aromatic nitrogens is 1. The van der Waals surface area contributed by atoms with E-state index in [2.05, 4.69) is 5.16 Å². The molecule has 0 unspecified atom stereocenters. The van der Waals surface area contributed by atoms with E-state index in [1.165, 1.54) is 11.3 Å². The zero-order valence-corrected chi connectivity index (χ0v) is 12.9. The van der Waals surface area contributed by atoms with Crippen molar-refractivity contribution < 1.29 is 4.52 Å². The van der Waals surface area contributed by atoms with E-state index in [0.29, 0.717) is 32.0 Å². The number of rotatable bonds is 2. The molecule has 102 valence electrons. The van der Waals surface area contributed by atoms with Crippen LogP contribution in [-0.2, 0) is 0 Å². The number of anilines is 1. The largest absolute Gasteiger partial charge is 0.380 e. The second kappa shape index (κ2) is 5.30. The van der Waals surface area contributed by atoms with Crippen molar-refractivity contribution in [1.82, 2.24) is 5.16 Å². The minimum Gasteiger partial charge on any atom is -0.380 e. The molecule has 0 aliphatic carbocycles. The molecule has 3 nitrogen and oxygen atoms in total. The van der Waals surface area contributed by atoms with Crippen LogP contribution in [0.25, 0.3) is 21.8 Å². The molecule has 0 atom stereocenters. The number of thiophene rings is 1. The molecule has 20 heavy (non-hydrogen) atoms. The van der Waals surface area contributed by atoms with E-state index in [4.69, 9.17) is 45.1 Å². The maximum absolute atomic E-state index is 6.23. The lowest BCUT2D eigenvalue weighted by Gasteiger charge is -2.05. The fraction of sp³-hybridized carbons (Fsp3) is 0. The molecular formula is C13H7Cl3N2OS. The van der Waals surface area contributed by atoms with Crippen molar-refractivity contribution in [3.8, 4) is 21.8 Å². The van der Waals surface area contributed by atoms with Gasteiger partial charge in [0.1, 0.15) is 0 Å². The second-order valence-electron chi connectivity index (χ2n) is 3.99. The average Bonchev–Trinajstić information content (AvgIpc) is 2.96. The highest BCUT2D eigenvalue weighted by Crippen LogP contribution is 2.44. The molecule has 0 spiro atoms. The van der Waals surface area contributed by atoms with Crippen molar-refractivity contribution in [2.75, 3.05) is 5.73 Å². The van der Waals surface area contributed by atoms with Crippen LogP contribution >= 0.6 is 46.1 Å². The van der Waals surface area contributed by atoms with E-state index < -0.39 is 0 Å². The zero-order valence-electron chi connectivity index (χ0n) is 9.86. The fourth-order valence-corrected chi connectivity index (χ4v) is 3.49. The number of halogens is 3. The number of nitrogens with zero attached hydrogens (tertiary/aromatic N) is 1. The lowest BCUT2D eigenvalue weighted by atomic mass is 10.1. The van der Waals surface area contributed by atoms with Gasteiger partial charge in [0.05, 0.1) is 20.5 Å². The van der Waals surface area contributed by atoms with Gasteiger partial charge in [-0.15, -0.1) is 11.3 Å². The third-order valence-electron chi connectivity index (χ3n) is 2.74. The predicted molar refractivity (Wildman–Crippen MR) is 84.7 cm³/mol. The first-order valence-electron chi connectivity index (χ1n) is 5.52. The molecular weight excluding hydrogens is 339 g/mol. The Morgan fingerprint density at radius 2 is 1.90 bits per heavy atom. The highest BCUT2D eigenvalue weighted by Gasteiger charge is 2.22. The molecule has 0 saturated carbocycles. The summed E-state index contributed by atoms with van der Waals surface area (Å²) in [7, 11) is 0. The van der Waals surface area contributed by atoms with Crippen molar-refractivity contribution >= 4 is 52.0 Å². The van der Waals surface area contributed by atoms with E-state index in [9.17, 15) is 0 Å². The third kappa shape index (κ3) is 2.29. The van der Waals surface area contributed by atoms with E-state index in [1.807, 2.05) is 5.38 Å². The Kier molecular flexibility index (Phi) is 3.65. The Hall–Kier alpha value is -1.20. The first-order chi connectivity index (χ1) is 9.58. The Morgan fingerprint density at radius 1 is 1.10 bits per heavy atom. The Bertz CT molecular complexity index is 782. The maximum Gasteiger partial charge on any atom is 0.188 e. The number of benzene rings is 1. The van der Waals surface area contributed by atoms with Gasteiger partial charge in [0, 0.05) is 10.6 Å². The lowest BCUT2D eigenvalue weighted by molar-refractivity contribution is 0.437. The molecule has 0 bridgehead atoms. The lowest BCUT2D eigenvalue weighted by Crippen LogP contribution is -1.89. The Morgan fingerprint density at radius 3 is 2.55 bits per heavy atom. The van der Waals surface area contributed by atoms with Crippen molar-refractivity contribution in [3.63, 3.8) is 0 Å². The van der Waals surface area contributed by atoms with Crippen molar-refractivity contribution in [2.24, 2.45) is 0 Å². The fourth-order valence-electron chi connectivity index (χ4n) is 1.87. The second-order valence-corrected chi connectivity index (χ2v) is 6.16. The van der Waals surface area contributed by atoms with Crippen LogP contribution in [0.5, 0.6) is 0 Å². The predicted octanol–water partition coefficient (Wildman–Crippen LogP) is 5.61. The summed E-state index contributed by atoms with van der Waals surface area (Å²) in [4.78, 5) is 0.761. The first-order valence-corrected chi connectivity index (χ1v) is 7.53. The third-order valence-corrected chi connectivity index (χ3v) is 4.63. The monoisotopic (exact) mass is 344 g/mol. The highest BCUT2D eigenvalue weighted by molar-refractivity contribution is 7.14. The Labute approximate surface area is 133 Å². The van der Waals surface area contributed by atoms with Gasteiger partial charge < -0.3 is 10.3 Å². The first kappa shape index (κ1) is 13.8. The SMILES string of the molecule is Nc1noc(-c2sccc2Cl)c1-c1ccc(Cl)cc1Cl. The van der Waals surface area contributed by atoms with Gasteiger partial charge in [0.25, 0.3) is 0 Å². The normalized spacial score (nSPS) is 10.9. The quantitative estimate of drug-likeness (QED) is 0.656. The molecule has 2 aromatic heterocycles. The van der Waals surface area contributed by atoms with Crippen LogP contribution in [-0.4, -0.2) is 5.16 Å². The van der Waals surface area contributed by atoms with Gasteiger partial charge in [-0.05, 0) is 23.6 Å². The number of nitrogen functional groups attached to an aromatic ring is 1. The molecule has 0 saturated heterocycles. The van der Waals surface area contributed by atoms with Gasteiger partial charge in [-0.3, -0.25) is 0 Å². The van der Waals surface area contributed by atoms with Crippen LogP contribution in [0.1, 0.15) is 0 Å². The summed E-state index contributed by atoms with van der Waals surface area (Å²) in [6, 6.07) is 6.94. The topological polar surface area (TPSA) is 52.0 Å². The average molecular weight is 346 g/mol. The van der Waals surface area contributed by atoms with Gasteiger partial charge in [-0.25, -0.2) is 0 Å². The molecule has 0 aliphatic rings. The van der Waals surface area contributed by atoms with Crippen LogP contribution in [0.15, 0.2) is 34.2 Å². The summed E-state index contributed by atoms with van der Waals surface area (Å²) in [5.74, 6) is 0.764. The molecule has 2 heterocycles. The molecule has 0 aliphatic heterocycles. The summed E-state index contributed by atoms with van der Waals surface area (Å²) in [5.41, 5.74) is 7.23. The molecule has 2 N–H and O–H groups in total. The van der Waals surface area contributed by atoms with Gasteiger partial charge in [-0.2, -0.15) is 0 Å². The number of nitrogens with two attached hydrogens (primary N) is 1. The van der Waals surface area contributed by atoms with Crippen LogP contribution in [0, 0.1) is 0 Å². The van der Waals surface area contributed by atoms with E-state index >= 15 is 0 Å². The summed E-state index contributed by atoms with van der Waals surface area (Å²) >= 11 is 19.7. The summed E-state index contributed by atoms with van der Waals surface area (Å²) in [6.45, 7) is 0. The number of hydrogen-bond donors (Lipinski definition) is 1. The van der Waals surface area contributed by atoms with E-state index in [-0.39, 0.29) is 5.82 Å². The van der Waals surface area contributed by atoms with E-state index in [0.717, 1.165) is 4.88 Å². The minimum absolute atomic E-state index is 0.258. The van der Waals surface area contributed by atoms with Gasteiger partial charge in [-0.1, -0.05) is 46.0 Å². The van der Waals surface area contributed by atoms with Crippen LogP contribution in [0.3, 0.4) is 0 Å². The molecule has 0 radical (unpaired) electrons. The molecule has 0 amide bonds. The summed E-state index contributed by atoms with van der Waals surface area (Å²) in [5, 5.41) is 7.28. The highest BCUT2D eigenvalue weighted by atomic mass is 35.5. The van der Waals surface area contributed by atoms with Crippen molar-refractivity contribution in [3.05, 3.63) is 44.7 Å². The van der Waals surface area contributed by atoms with Crippen LogP contribution in [0.4, 0.5) is 5.82 Å².